The van der Waals surface area contributed by atoms with Gasteiger partial charge in [-0.1, -0.05) is 61.8 Å². The Kier molecular flexibility index (Phi) is 11.2. The van der Waals surface area contributed by atoms with Crippen LogP contribution in [0.4, 0.5) is 5.69 Å². The van der Waals surface area contributed by atoms with E-state index in [1.807, 2.05) is 51.1 Å². The Morgan fingerprint density at radius 1 is 1.03 bits per heavy atom. The molecule has 2 amide bonds. The van der Waals surface area contributed by atoms with Gasteiger partial charge in [0.25, 0.3) is 0 Å². The van der Waals surface area contributed by atoms with Crippen LogP contribution < -0.4 is 9.62 Å². The van der Waals surface area contributed by atoms with Crippen LogP contribution >= 0.6 is 11.6 Å². The zero-order valence-corrected chi connectivity index (χ0v) is 23.4. The number of nitrogens with one attached hydrogen (secondary N) is 1. The second kappa shape index (κ2) is 13.7. The molecule has 198 valence electrons. The van der Waals surface area contributed by atoms with Gasteiger partial charge in [0.15, 0.2) is 0 Å². The Morgan fingerprint density at radius 3 is 2.28 bits per heavy atom. The molecule has 2 aromatic rings. The van der Waals surface area contributed by atoms with Gasteiger partial charge in [-0.25, -0.2) is 8.42 Å². The van der Waals surface area contributed by atoms with E-state index in [9.17, 15) is 18.0 Å². The monoisotopic (exact) mass is 535 g/mol. The topological polar surface area (TPSA) is 86.8 Å². The van der Waals surface area contributed by atoms with Crippen molar-refractivity contribution in [3.05, 3.63) is 64.7 Å². The Balaban J connectivity index is 2.23. The van der Waals surface area contributed by atoms with Crippen LogP contribution in [0.1, 0.15) is 57.6 Å². The maximum Gasteiger partial charge on any atom is 0.243 e. The molecule has 36 heavy (non-hydrogen) atoms. The minimum Gasteiger partial charge on any atom is -0.352 e. The number of nitrogens with zero attached hydrogens (tertiary/aromatic N) is 2. The highest BCUT2D eigenvalue weighted by molar-refractivity contribution is 7.92. The molecule has 0 fully saturated rings. The van der Waals surface area contributed by atoms with Gasteiger partial charge >= 0.3 is 0 Å². The third-order valence-corrected chi connectivity index (χ3v) is 7.83. The number of hydrogen-bond acceptors (Lipinski definition) is 4. The first kappa shape index (κ1) is 29.6. The number of sulfonamides is 1. The second-order valence-electron chi connectivity index (χ2n) is 9.07. The van der Waals surface area contributed by atoms with E-state index in [2.05, 4.69) is 5.32 Å². The lowest BCUT2D eigenvalue weighted by Gasteiger charge is -2.32. The third-order valence-electron chi connectivity index (χ3n) is 6.24. The summed E-state index contributed by atoms with van der Waals surface area (Å²) in [6.45, 7) is 8.01. The lowest BCUT2D eigenvalue weighted by atomic mass is 10.1. The molecule has 0 aliphatic rings. The number of hydrogen-bond donors (Lipinski definition) is 1. The number of carbonyl (C=O) groups excluding carboxylic acids is 2. The van der Waals surface area contributed by atoms with Gasteiger partial charge in [-0.15, -0.1) is 0 Å². The van der Waals surface area contributed by atoms with Crippen molar-refractivity contribution in [1.82, 2.24) is 10.2 Å². The zero-order chi connectivity index (χ0) is 26.9. The molecule has 0 unspecified atom stereocenters. The maximum atomic E-state index is 13.5. The van der Waals surface area contributed by atoms with Crippen LogP contribution in [0.15, 0.2) is 48.5 Å². The summed E-state index contributed by atoms with van der Waals surface area (Å²) in [5.41, 5.74) is 2.08. The van der Waals surface area contributed by atoms with Crippen molar-refractivity contribution < 1.29 is 18.0 Å². The van der Waals surface area contributed by atoms with E-state index >= 15 is 0 Å². The Morgan fingerprint density at radius 2 is 1.69 bits per heavy atom. The van der Waals surface area contributed by atoms with Crippen LogP contribution in [0.5, 0.6) is 0 Å². The average Bonchev–Trinajstić information content (AvgIpc) is 2.83. The summed E-state index contributed by atoms with van der Waals surface area (Å²) >= 11 is 6.22. The predicted molar refractivity (Wildman–Crippen MR) is 147 cm³/mol. The quantitative estimate of drug-likeness (QED) is 0.394. The van der Waals surface area contributed by atoms with Crippen molar-refractivity contribution in [2.75, 3.05) is 17.1 Å². The molecule has 0 bridgehead atoms. The average molecular weight is 536 g/mol. The summed E-state index contributed by atoms with van der Waals surface area (Å²) in [6.07, 6.45) is 2.80. The first-order valence-corrected chi connectivity index (χ1v) is 14.6. The summed E-state index contributed by atoms with van der Waals surface area (Å²) in [5.74, 6) is -0.371. The van der Waals surface area contributed by atoms with E-state index in [-0.39, 0.29) is 30.8 Å². The molecule has 2 aromatic carbocycles. The number of anilines is 1. The van der Waals surface area contributed by atoms with E-state index in [1.54, 1.807) is 30.0 Å². The van der Waals surface area contributed by atoms with Crippen LogP contribution in [0.3, 0.4) is 0 Å². The van der Waals surface area contributed by atoms with E-state index in [1.165, 1.54) is 4.31 Å². The summed E-state index contributed by atoms with van der Waals surface area (Å²) in [6, 6.07) is 14.1. The molecule has 1 N–H and O–H groups in total. The first-order valence-electron chi connectivity index (χ1n) is 12.4. The van der Waals surface area contributed by atoms with Crippen molar-refractivity contribution in [2.24, 2.45) is 0 Å². The molecule has 2 atom stereocenters. The predicted octanol–water partition coefficient (Wildman–Crippen LogP) is 4.92. The molecule has 2 rings (SSSR count). The molecule has 0 spiro atoms. The van der Waals surface area contributed by atoms with Gasteiger partial charge < -0.3 is 10.2 Å². The minimum absolute atomic E-state index is 0.00415. The maximum absolute atomic E-state index is 13.5. The van der Waals surface area contributed by atoms with E-state index in [0.29, 0.717) is 35.7 Å². The van der Waals surface area contributed by atoms with Crippen LogP contribution in [0.2, 0.25) is 5.02 Å². The summed E-state index contributed by atoms with van der Waals surface area (Å²) in [7, 11) is -3.59. The van der Waals surface area contributed by atoms with Crippen molar-refractivity contribution >= 4 is 39.1 Å². The molecular formula is C27H38ClN3O4S. The van der Waals surface area contributed by atoms with Gasteiger partial charge in [0.2, 0.25) is 21.8 Å². The molecule has 0 aliphatic heterocycles. The zero-order valence-electron chi connectivity index (χ0n) is 21.8. The minimum atomic E-state index is -3.59. The van der Waals surface area contributed by atoms with Crippen LogP contribution in [-0.4, -0.2) is 50.0 Å². The fraction of sp³-hybridized carbons (Fsp3) is 0.481. The van der Waals surface area contributed by atoms with E-state index in [0.717, 1.165) is 18.2 Å². The summed E-state index contributed by atoms with van der Waals surface area (Å²) in [5, 5.41) is 3.47. The lowest BCUT2D eigenvalue weighted by molar-refractivity contribution is -0.141. The Hall–Kier alpha value is -2.58. The van der Waals surface area contributed by atoms with Crippen LogP contribution in [0, 0.1) is 6.92 Å². The van der Waals surface area contributed by atoms with Gasteiger partial charge in [-0.3, -0.25) is 13.9 Å². The van der Waals surface area contributed by atoms with Gasteiger partial charge in [-0.05, 0) is 56.4 Å². The van der Waals surface area contributed by atoms with Crippen molar-refractivity contribution in [3.63, 3.8) is 0 Å². The smallest absolute Gasteiger partial charge is 0.243 e. The lowest BCUT2D eigenvalue weighted by Crippen LogP contribution is -2.50. The fourth-order valence-corrected chi connectivity index (χ4v) is 5.17. The highest BCUT2D eigenvalue weighted by Gasteiger charge is 2.29. The molecule has 0 aliphatic carbocycles. The molecule has 0 saturated heterocycles. The molecule has 0 heterocycles. The molecule has 0 aromatic heterocycles. The highest BCUT2D eigenvalue weighted by atomic mass is 35.5. The van der Waals surface area contributed by atoms with Crippen LogP contribution in [-0.2, 0) is 26.2 Å². The van der Waals surface area contributed by atoms with Gasteiger partial charge in [0.05, 0.1) is 11.9 Å². The van der Waals surface area contributed by atoms with E-state index in [4.69, 9.17) is 11.6 Å². The number of benzene rings is 2. The first-order chi connectivity index (χ1) is 17.0. The van der Waals surface area contributed by atoms with Gasteiger partial charge in [-0.2, -0.15) is 0 Å². The highest BCUT2D eigenvalue weighted by Crippen LogP contribution is 2.28. The normalized spacial score (nSPS) is 13.1. The molecular weight excluding hydrogens is 498 g/mol. The number of carbonyl (C=O) groups is 2. The largest absolute Gasteiger partial charge is 0.352 e. The Bertz CT molecular complexity index is 1130. The SMILES string of the molecule is CC[C@H](C(=O)N[C@@H](C)CC)N(Cc1ccccc1)C(=O)CCCN(c1cccc(Cl)c1C)S(C)(=O)=O. The van der Waals surface area contributed by atoms with Crippen molar-refractivity contribution in [2.45, 2.75) is 72.0 Å². The number of rotatable bonds is 13. The number of amides is 2. The van der Waals surface area contributed by atoms with Gasteiger partial charge in [0.1, 0.15) is 6.04 Å². The van der Waals surface area contributed by atoms with Crippen molar-refractivity contribution in [3.8, 4) is 0 Å². The molecule has 7 nitrogen and oxygen atoms in total. The summed E-state index contributed by atoms with van der Waals surface area (Å²) in [4.78, 5) is 28.1. The third kappa shape index (κ3) is 8.23. The van der Waals surface area contributed by atoms with Crippen molar-refractivity contribution in [1.29, 1.82) is 0 Å². The fourth-order valence-electron chi connectivity index (χ4n) is 3.99. The van der Waals surface area contributed by atoms with E-state index < -0.39 is 16.1 Å². The number of halogens is 1. The molecule has 0 saturated carbocycles. The summed E-state index contributed by atoms with van der Waals surface area (Å²) < 4.78 is 26.4. The Labute approximate surface area is 220 Å². The second-order valence-corrected chi connectivity index (χ2v) is 11.4. The van der Waals surface area contributed by atoms with Crippen LogP contribution in [0.25, 0.3) is 0 Å². The molecule has 0 radical (unpaired) electrons. The van der Waals surface area contributed by atoms with Gasteiger partial charge in [0, 0.05) is 30.6 Å². The molecule has 9 heteroatoms. The standard InChI is InChI=1S/C27H38ClN3O4S/c1-6-20(3)29-27(33)24(7-2)30(19-22-13-9-8-10-14-22)26(32)17-12-18-31(36(5,34)35)25-16-11-15-23(28)21(25)4/h8-11,13-16,20,24H,6-7,12,17-19H2,1-5H3,(H,29,33)/t20-,24+/m0/s1.